The summed E-state index contributed by atoms with van der Waals surface area (Å²) in [4.78, 5) is 28.3. The van der Waals surface area contributed by atoms with Crippen molar-refractivity contribution in [3.63, 3.8) is 0 Å². The standard InChI is InChI=1S/C23H28FN3O5S/c1-16-11-19(18-8-4-3-5-9-18)12-20(22(16)24)23(29)25-26-33(30,31)15-17-7-6-10-27(13-17)21(28)14-32-2/h3-5,8-9,11-12,17,26H,6-7,10,13-15H2,1-2H3,(H,25,29). The Labute approximate surface area is 193 Å². The highest BCUT2D eigenvalue weighted by Crippen LogP contribution is 2.25. The molecule has 178 valence electrons. The summed E-state index contributed by atoms with van der Waals surface area (Å²) in [6, 6.07) is 12.2. The van der Waals surface area contributed by atoms with Crippen molar-refractivity contribution in [3.8, 4) is 11.1 Å². The number of hydrazine groups is 1. The van der Waals surface area contributed by atoms with Crippen molar-refractivity contribution in [2.45, 2.75) is 19.8 Å². The first-order valence-electron chi connectivity index (χ1n) is 10.6. The summed E-state index contributed by atoms with van der Waals surface area (Å²) in [5, 5.41) is 0. The second-order valence-corrected chi connectivity index (χ2v) is 9.91. The van der Waals surface area contributed by atoms with E-state index >= 15 is 0 Å². The Balaban J connectivity index is 1.65. The van der Waals surface area contributed by atoms with Crippen molar-refractivity contribution in [2.24, 2.45) is 5.92 Å². The number of carbonyl (C=O) groups is 2. The van der Waals surface area contributed by atoms with E-state index in [-0.39, 0.29) is 35.3 Å². The van der Waals surface area contributed by atoms with E-state index in [1.165, 1.54) is 13.2 Å². The third kappa shape index (κ3) is 6.59. The van der Waals surface area contributed by atoms with E-state index in [0.717, 1.165) is 5.56 Å². The molecule has 3 rings (SSSR count). The molecule has 1 unspecified atom stereocenters. The third-order valence-electron chi connectivity index (χ3n) is 5.52. The van der Waals surface area contributed by atoms with E-state index in [1.807, 2.05) is 30.3 Å². The minimum Gasteiger partial charge on any atom is -0.375 e. The molecule has 2 aromatic carbocycles. The average Bonchev–Trinajstić information content (AvgIpc) is 2.80. The van der Waals surface area contributed by atoms with Gasteiger partial charge < -0.3 is 9.64 Å². The lowest BCUT2D eigenvalue weighted by atomic mass is 9.99. The fraction of sp³-hybridized carbons (Fsp3) is 0.391. The number of nitrogens with one attached hydrogen (secondary N) is 2. The van der Waals surface area contributed by atoms with Gasteiger partial charge >= 0.3 is 0 Å². The number of carbonyl (C=O) groups excluding carboxylic acids is 2. The van der Waals surface area contributed by atoms with E-state index in [2.05, 4.69) is 10.3 Å². The predicted molar refractivity (Wildman–Crippen MR) is 122 cm³/mol. The van der Waals surface area contributed by atoms with Crippen LogP contribution in [0.15, 0.2) is 42.5 Å². The van der Waals surface area contributed by atoms with Gasteiger partial charge in [0.15, 0.2) is 0 Å². The lowest BCUT2D eigenvalue weighted by molar-refractivity contribution is -0.136. The first-order valence-corrected chi connectivity index (χ1v) is 12.3. The van der Waals surface area contributed by atoms with E-state index < -0.39 is 21.7 Å². The van der Waals surface area contributed by atoms with Gasteiger partial charge in [-0.2, -0.15) is 0 Å². The van der Waals surface area contributed by atoms with Crippen LogP contribution in [0.3, 0.4) is 0 Å². The summed E-state index contributed by atoms with van der Waals surface area (Å²) < 4.78 is 44.5. The minimum absolute atomic E-state index is 0.0548. The van der Waals surface area contributed by atoms with Crippen molar-refractivity contribution in [3.05, 3.63) is 59.4 Å². The molecule has 8 nitrogen and oxygen atoms in total. The van der Waals surface area contributed by atoms with Gasteiger partial charge in [-0.15, -0.1) is 4.83 Å². The topological polar surface area (TPSA) is 105 Å². The molecule has 0 radical (unpaired) electrons. The summed E-state index contributed by atoms with van der Waals surface area (Å²) in [7, 11) is -2.48. The summed E-state index contributed by atoms with van der Waals surface area (Å²) in [5.74, 6) is -2.35. The van der Waals surface area contributed by atoms with Crippen LogP contribution in [-0.4, -0.2) is 57.7 Å². The van der Waals surface area contributed by atoms with Crippen LogP contribution in [-0.2, 0) is 19.6 Å². The third-order valence-corrected chi connectivity index (χ3v) is 6.84. The van der Waals surface area contributed by atoms with Crippen LogP contribution >= 0.6 is 0 Å². The molecule has 0 bridgehead atoms. The van der Waals surface area contributed by atoms with Gasteiger partial charge in [0.25, 0.3) is 5.91 Å². The van der Waals surface area contributed by atoms with Gasteiger partial charge in [-0.05, 0) is 54.5 Å². The fourth-order valence-corrected chi connectivity index (χ4v) is 5.14. The smallest absolute Gasteiger partial charge is 0.269 e. The molecule has 0 aromatic heterocycles. The highest BCUT2D eigenvalue weighted by Gasteiger charge is 2.28. The molecule has 1 aliphatic heterocycles. The zero-order chi connectivity index (χ0) is 24.0. The molecule has 33 heavy (non-hydrogen) atoms. The Morgan fingerprint density at radius 3 is 2.61 bits per heavy atom. The second kappa shape index (κ2) is 10.9. The molecule has 0 saturated carbocycles. The quantitative estimate of drug-likeness (QED) is 0.568. The number of nitrogens with zero attached hydrogens (tertiary/aromatic N) is 1. The Morgan fingerprint density at radius 2 is 1.91 bits per heavy atom. The molecule has 1 fully saturated rings. The van der Waals surface area contributed by atoms with Crippen LogP contribution in [0.4, 0.5) is 4.39 Å². The Hall–Kier alpha value is -2.82. The number of likely N-dealkylation sites (tertiary alicyclic amines) is 1. The fourth-order valence-electron chi connectivity index (χ4n) is 3.92. The summed E-state index contributed by atoms with van der Waals surface area (Å²) >= 11 is 0. The predicted octanol–water partition coefficient (Wildman–Crippen LogP) is 2.25. The maximum atomic E-state index is 14.6. The number of methoxy groups -OCH3 is 1. The Bertz CT molecular complexity index is 1110. The van der Waals surface area contributed by atoms with Crippen molar-refractivity contribution in [1.82, 2.24) is 15.2 Å². The Morgan fingerprint density at radius 1 is 1.18 bits per heavy atom. The number of rotatable bonds is 8. The highest BCUT2D eigenvalue weighted by molar-refractivity contribution is 7.89. The summed E-state index contributed by atoms with van der Waals surface area (Å²) in [6.07, 6.45) is 1.32. The van der Waals surface area contributed by atoms with E-state index in [0.29, 0.717) is 31.5 Å². The molecule has 0 spiro atoms. The van der Waals surface area contributed by atoms with Gasteiger partial charge in [-0.25, -0.2) is 12.8 Å². The van der Waals surface area contributed by atoms with Gasteiger partial charge in [-0.1, -0.05) is 30.3 Å². The number of halogens is 1. The van der Waals surface area contributed by atoms with Crippen molar-refractivity contribution >= 4 is 21.8 Å². The van der Waals surface area contributed by atoms with Crippen LogP contribution in [0, 0.1) is 18.7 Å². The van der Waals surface area contributed by atoms with Crippen molar-refractivity contribution in [1.29, 1.82) is 0 Å². The number of benzene rings is 2. The molecule has 2 N–H and O–H groups in total. The van der Waals surface area contributed by atoms with Crippen LogP contribution in [0.1, 0.15) is 28.8 Å². The first-order chi connectivity index (χ1) is 15.7. The normalized spacial score (nSPS) is 16.5. The minimum atomic E-state index is -3.90. The molecular weight excluding hydrogens is 449 g/mol. The van der Waals surface area contributed by atoms with Crippen LogP contribution in [0.5, 0.6) is 0 Å². The molecule has 1 heterocycles. The molecule has 2 aromatic rings. The zero-order valence-electron chi connectivity index (χ0n) is 18.6. The van der Waals surface area contributed by atoms with Crippen molar-refractivity contribution < 1.29 is 27.1 Å². The molecule has 0 aliphatic carbocycles. The molecule has 1 aliphatic rings. The highest BCUT2D eigenvalue weighted by atomic mass is 32.2. The number of aryl methyl sites for hydroxylation is 1. The summed E-state index contributed by atoms with van der Waals surface area (Å²) in [5.41, 5.74) is 3.57. The van der Waals surface area contributed by atoms with Crippen molar-refractivity contribution in [2.75, 3.05) is 32.6 Å². The number of hydrogen-bond acceptors (Lipinski definition) is 5. The van der Waals surface area contributed by atoms with E-state index in [9.17, 15) is 22.4 Å². The van der Waals surface area contributed by atoms with Gasteiger partial charge in [0.2, 0.25) is 15.9 Å². The molecule has 2 amide bonds. The largest absolute Gasteiger partial charge is 0.375 e. The van der Waals surface area contributed by atoms with Gasteiger partial charge in [0.05, 0.1) is 11.3 Å². The van der Waals surface area contributed by atoms with Gasteiger partial charge in [-0.3, -0.25) is 15.0 Å². The molecule has 1 saturated heterocycles. The monoisotopic (exact) mass is 477 g/mol. The number of piperidine rings is 1. The average molecular weight is 478 g/mol. The maximum absolute atomic E-state index is 14.6. The Kier molecular flexibility index (Phi) is 8.17. The zero-order valence-corrected chi connectivity index (χ0v) is 19.5. The van der Waals surface area contributed by atoms with Crippen LogP contribution < -0.4 is 10.3 Å². The SMILES string of the molecule is COCC(=O)N1CCCC(CS(=O)(=O)NNC(=O)c2cc(-c3ccccc3)cc(C)c2F)C1. The molecule has 10 heteroatoms. The van der Waals surface area contributed by atoms with Gasteiger partial charge in [0, 0.05) is 20.2 Å². The lowest BCUT2D eigenvalue weighted by Crippen LogP contribution is -2.47. The maximum Gasteiger partial charge on any atom is 0.269 e. The lowest BCUT2D eigenvalue weighted by Gasteiger charge is -2.32. The number of sulfonamides is 1. The molecule has 1 atom stereocenters. The number of hydrogen-bond donors (Lipinski definition) is 2. The van der Waals surface area contributed by atoms with E-state index in [4.69, 9.17) is 4.74 Å². The van der Waals surface area contributed by atoms with Crippen LogP contribution in [0.2, 0.25) is 0 Å². The second-order valence-electron chi connectivity index (χ2n) is 8.14. The molecular formula is C23H28FN3O5S. The van der Waals surface area contributed by atoms with E-state index in [1.54, 1.807) is 17.9 Å². The summed E-state index contributed by atoms with van der Waals surface area (Å²) in [6.45, 7) is 2.34. The number of amides is 2. The number of ether oxygens (including phenoxy) is 1. The van der Waals surface area contributed by atoms with Crippen LogP contribution in [0.25, 0.3) is 11.1 Å². The van der Waals surface area contributed by atoms with Gasteiger partial charge in [0.1, 0.15) is 12.4 Å². The first kappa shape index (κ1) is 24.8.